The van der Waals surface area contributed by atoms with Gasteiger partial charge in [0.25, 0.3) is 0 Å². The molecule has 0 bridgehead atoms. The van der Waals surface area contributed by atoms with Crippen LogP contribution in [0, 0.1) is 12.8 Å². The van der Waals surface area contributed by atoms with E-state index >= 15 is 0 Å². The molecular formula is C12H14O3. The van der Waals surface area contributed by atoms with E-state index in [1.165, 1.54) is 0 Å². The maximum atomic E-state index is 5.66. The third-order valence-electron chi connectivity index (χ3n) is 2.32. The van der Waals surface area contributed by atoms with Gasteiger partial charge in [-0.2, -0.15) is 0 Å². The minimum atomic E-state index is -0.360. The normalized spacial score (nSPS) is 26.3. The monoisotopic (exact) mass is 206 g/mol. The first kappa shape index (κ1) is 10.5. The van der Waals surface area contributed by atoms with Gasteiger partial charge in [0.1, 0.15) is 5.75 Å². The lowest BCUT2D eigenvalue weighted by atomic mass is 10.1. The van der Waals surface area contributed by atoms with Gasteiger partial charge in [-0.1, -0.05) is 18.2 Å². The van der Waals surface area contributed by atoms with Crippen LogP contribution in [0.5, 0.6) is 5.75 Å². The first-order valence-corrected chi connectivity index (χ1v) is 4.93. The van der Waals surface area contributed by atoms with Crippen LogP contribution in [0.3, 0.4) is 0 Å². The highest BCUT2D eigenvalue weighted by atomic mass is 16.7. The van der Waals surface area contributed by atoms with Crippen LogP contribution in [-0.4, -0.2) is 20.3 Å². The molecule has 15 heavy (non-hydrogen) atoms. The van der Waals surface area contributed by atoms with Crippen LogP contribution in [0.1, 0.15) is 11.9 Å². The molecule has 2 rings (SSSR count). The maximum Gasteiger partial charge on any atom is 0.187 e. The van der Waals surface area contributed by atoms with Crippen LogP contribution >= 0.6 is 0 Å². The molecule has 1 aliphatic rings. The van der Waals surface area contributed by atoms with Gasteiger partial charge in [-0.15, -0.1) is 0 Å². The van der Waals surface area contributed by atoms with Crippen molar-refractivity contribution in [2.24, 2.45) is 5.92 Å². The number of hydrogen-bond donors (Lipinski definition) is 0. The summed E-state index contributed by atoms with van der Waals surface area (Å²) in [6.07, 6.45) is -0.360. The molecule has 1 saturated heterocycles. The van der Waals surface area contributed by atoms with Gasteiger partial charge in [0, 0.05) is 11.5 Å². The summed E-state index contributed by atoms with van der Waals surface area (Å²) in [5, 5.41) is 0. The Morgan fingerprint density at radius 3 is 2.60 bits per heavy atom. The second-order valence-electron chi connectivity index (χ2n) is 3.50. The van der Waals surface area contributed by atoms with E-state index in [9.17, 15) is 0 Å². The zero-order chi connectivity index (χ0) is 10.7. The molecule has 0 aromatic heterocycles. The molecule has 0 saturated carbocycles. The van der Waals surface area contributed by atoms with Crippen molar-refractivity contribution in [2.45, 2.75) is 6.29 Å². The summed E-state index contributed by atoms with van der Waals surface area (Å²) in [5.41, 5.74) is 0.909. The summed E-state index contributed by atoms with van der Waals surface area (Å²) in [7, 11) is 1.63. The highest BCUT2D eigenvalue weighted by Gasteiger charge is 2.23. The summed E-state index contributed by atoms with van der Waals surface area (Å²) < 4.78 is 16.2. The van der Waals surface area contributed by atoms with E-state index in [-0.39, 0.29) is 12.2 Å². The van der Waals surface area contributed by atoms with Gasteiger partial charge in [-0.05, 0) is 13.0 Å². The Labute approximate surface area is 90.0 Å². The van der Waals surface area contributed by atoms with Gasteiger partial charge < -0.3 is 14.2 Å². The van der Waals surface area contributed by atoms with Crippen LogP contribution in [0.2, 0.25) is 0 Å². The van der Waals surface area contributed by atoms with Gasteiger partial charge >= 0.3 is 0 Å². The van der Waals surface area contributed by atoms with Crippen LogP contribution in [0.4, 0.5) is 0 Å². The van der Waals surface area contributed by atoms with E-state index in [0.717, 1.165) is 11.3 Å². The molecule has 0 atom stereocenters. The molecular weight excluding hydrogens is 192 g/mol. The Kier molecular flexibility index (Phi) is 3.23. The zero-order valence-electron chi connectivity index (χ0n) is 8.68. The van der Waals surface area contributed by atoms with E-state index in [4.69, 9.17) is 21.1 Å². The molecule has 0 aliphatic carbocycles. The van der Waals surface area contributed by atoms with Crippen molar-refractivity contribution in [1.29, 1.82) is 0 Å². The Morgan fingerprint density at radius 2 is 1.93 bits per heavy atom. The van der Waals surface area contributed by atoms with Crippen LogP contribution in [-0.2, 0) is 9.47 Å². The fraction of sp³-hybridized carbons (Fsp3) is 0.417. The van der Waals surface area contributed by atoms with Crippen LogP contribution in [0.25, 0.3) is 0 Å². The Balaban J connectivity index is 2.15. The summed E-state index contributed by atoms with van der Waals surface area (Å²) >= 11 is 0. The maximum absolute atomic E-state index is 5.66. The molecule has 3 nitrogen and oxygen atoms in total. The third kappa shape index (κ3) is 2.30. The number of methoxy groups -OCH3 is 1. The second kappa shape index (κ2) is 4.64. The summed E-state index contributed by atoms with van der Waals surface area (Å²) in [5.74, 6) is 0.744. The average molecular weight is 206 g/mol. The molecule has 1 aliphatic heterocycles. The van der Waals surface area contributed by atoms with Gasteiger partial charge in [0.05, 0.1) is 20.3 Å². The predicted octanol–water partition coefficient (Wildman–Crippen LogP) is 2.07. The molecule has 0 spiro atoms. The fourth-order valence-electron chi connectivity index (χ4n) is 1.56. The number of hydrogen-bond acceptors (Lipinski definition) is 3. The smallest absolute Gasteiger partial charge is 0.187 e. The van der Waals surface area contributed by atoms with E-state index in [1.807, 2.05) is 24.3 Å². The first-order valence-electron chi connectivity index (χ1n) is 4.93. The van der Waals surface area contributed by atoms with Crippen molar-refractivity contribution < 1.29 is 14.2 Å². The average Bonchev–Trinajstić information content (AvgIpc) is 2.30. The lowest BCUT2D eigenvalue weighted by molar-refractivity contribution is -0.198. The highest BCUT2D eigenvalue weighted by Crippen LogP contribution is 2.31. The van der Waals surface area contributed by atoms with Crippen molar-refractivity contribution in [3.8, 4) is 5.75 Å². The summed E-state index contributed by atoms with van der Waals surface area (Å²) in [6, 6.07) is 7.66. The second-order valence-corrected chi connectivity index (χ2v) is 3.50. The quantitative estimate of drug-likeness (QED) is 0.741. The molecule has 1 fully saturated rings. The molecule has 1 aromatic carbocycles. The molecule has 0 unspecified atom stereocenters. The number of rotatable bonds is 2. The van der Waals surface area contributed by atoms with Crippen molar-refractivity contribution in [3.63, 3.8) is 0 Å². The molecule has 0 amide bonds. The third-order valence-corrected chi connectivity index (χ3v) is 2.32. The van der Waals surface area contributed by atoms with Crippen molar-refractivity contribution in [3.05, 3.63) is 36.8 Å². The number of benzene rings is 1. The standard InChI is InChI=1S/C12H14O3/c1-9-7-14-12(15-8-9)10-5-3-4-6-11(10)13-2/h1,3-6,9,12H,7-8H2,2H3. The number of para-hydroxylation sites is 1. The van der Waals surface area contributed by atoms with E-state index < -0.39 is 0 Å². The first-order chi connectivity index (χ1) is 7.31. The SMILES string of the molecule is [CH]C1COC(c2ccccc2OC)OC1. The predicted molar refractivity (Wildman–Crippen MR) is 55.4 cm³/mol. The Bertz CT molecular complexity index is 316. The minimum Gasteiger partial charge on any atom is -0.496 e. The molecule has 0 N–H and O–H groups in total. The van der Waals surface area contributed by atoms with E-state index in [1.54, 1.807) is 7.11 Å². The largest absolute Gasteiger partial charge is 0.496 e. The molecule has 80 valence electrons. The molecule has 2 radical (unpaired) electrons. The Morgan fingerprint density at radius 1 is 1.27 bits per heavy atom. The van der Waals surface area contributed by atoms with Crippen molar-refractivity contribution in [2.75, 3.05) is 20.3 Å². The van der Waals surface area contributed by atoms with Gasteiger partial charge in [0.15, 0.2) is 6.29 Å². The summed E-state index contributed by atoms with van der Waals surface area (Å²) in [4.78, 5) is 0. The zero-order valence-corrected chi connectivity index (χ0v) is 8.68. The molecule has 3 heteroatoms. The minimum absolute atomic E-state index is 0.0315. The van der Waals surface area contributed by atoms with E-state index in [2.05, 4.69) is 0 Å². The molecule has 1 aromatic rings. The fourth-order valence-corrected chi connectivity index (χ4v) is 1.56. The van der Waals surface area contributed by atoms with Crippen LogP contribution < -0.4 is 4.74 Å². The van der Waals surface area contributed by atoms with E-state index in [0.29, 0.717) is 13.2 Å². The van der Waals surface area contributed by atoms with Gasteiger partial charge in [-0.25, -0.2) is 0 Å². The Hall–Kier alpha value is -1.06. The summed E-state index contributed by atoms with van der Waals surface area (Å²) in [6.45, 7) is 6.70. The van der Waals surface area contributed by atoms with Crippen LogP contribution in [0.15, 0.2) is 24.3 Å². The number of ether oxygens (including phenoxy) is 3. The van der Waals surface area contributed by atoms with Gasteiger partial charge in [0.2, 0.25) is 0 Å². The highest BCUT2D eigenvalue weighted by molar-refractivity contribution is 5.34. The topological polar surface area (TPSA) is 27.7 Å². The van der Waals surface area contributed by atoms with Crippen molar-refractivity contribution >= 4 is 0 Å². The lowest BCUT2D eigenvalue weighted by Crippen LogP contribution is -2.25. The van der Waals surface area contributed by atoms with Gasteiger partial charge in [-0.3, -0.25) is 0 Å². The molecule has 1 heterocycles. The lowest BCUT2D eigenvalue weighted by Gasteiger charge is -2.28. The van der Waals surface area contributed by atoms with Crippen molar-refractivity contribution in [1.82, 2.24) is 0 Å².